The average molecular weight is 264 g/mol. The highest BCUT2D eigenvalue weighted by atomic mass is 35.5. The molecule has 18 heavy (non-hydrogen) atoms. The van der Waals surface area contributed by atoms with E-state index in [1.54, 1.807) is 18.3 Å². The van der Waals surface area contributed by atoms with Crippen LogP contribution in [0.3, 0.4) is 0 Å². The SMILES string of the molecule is C=CCOC1CCN(c2ncc(C#N)cc2Cl)C1. The summed E-state index contributed by atoms with van der Waals surface area (Å²) in [6.07, 6.45) is 4.43. The Bertz CT molecular complexity index is 484. The van der Waals surface area contributed by atoms with Crippen molar-refractivity contribution in [3.05, 3.63) is 35.5 Å². The molecule has 0 N–H and O–H groups in total. The van der Waals surface area contributed by atoms with Crippen LogP contribution >= 0.6 is 11.6 Å². The van der Waals surface area contributed by atoms with Gasteiger partial charge in [-0.15, -0.1) is 6.58 Å². The highest BCUT2D eigenvalue weighted by Gasteiger charge is 2.25. The Balaban J connectivity index is 2.05. The monoisotopic (exact) mass is 263 g/mol. The van der Waals surface area contributed by atoms with Crippen LogP contribution in [-0.4, -0.2) is 30.8 Å². The van der Waals surface area contributed by atoms with Gasteiger partial charge in [0.1, 0.15) is 11.9 Å². The minimum atomic E-state index is 0.191. The number of pyridine rings is 1. The summed E-state index contributed by atoms with van der Waals surface area (Å²) >= 11 is 6.13. The van der Waals surface area contributed by atoms with Crippen LogP contribution in [0.4, 0.5) is 5.82 Å². The Morgan fingerprint density at radius 2 is 2.56 bits per heavy atom. The summed E-state index contributed by atoms with van der Waals surface area (Å²) in [6, 6.07) is 3.66. The molecule has 0 radical (unpaired) electrons. The molecular formula is C13H14ClN3O. The van der Waals surface area contributed by atoms with Gasteiger partial charge in [0.2, 0.25) is 0 Å². The van der Waals surface area contributed by atoms with Gasteiger partial charge in [-0.25, -0.2) is 4.98 Å². The molecule has 1 unspecified atom stereocenters. The van der Waals surface area contributed by atoms with Crippen molar-refractivity contribution in [1.82, 2.24) is 4.98 Å². The topological polar surface area (TPSA) is 49.1 Å². The third kappa shape index (κ3) is 2.81. The highest BCUT2D eigenvalue weighted by molar-refractivity contribution is 6.33. The normalized spacial score (nSPS) is 18.7. The number of ether oxygens (including phenoxy) is 1. The van der Waals surface area contributed by atoms with E-state index < -0.39 is 0 Å². The number of anilines is 1. The summed E-state index contributed by atoms with van der Waals surface area (Å²) in [5.74, 6) is 0.723. The Kier molecular flexibility index (Phi) is 4.19. The largest absolute Gasteiger partial charge is 0.372 e. The van der Waals surface area contributed by atoms with Crippen LogP contribution in [0.2, 0.25) is 5.02 Å². The molecule has 1 aromatic rings. The van der Waals surface area contributed by atoms with E-state index in [-0.39, 0.29) is 6.10 Å². The van der Waals surface area contributed by atoms with E-state index in [2.05, 4.69) is 16.5 Å². The Morgan fingerprint density at radius 3 is 3.22 bits per heavy atom. The van der Waals surface area contributed by atoms with Crippen LogP contribution < -0.4 is 4.90 Å². The molecule has 1 fully saturated rings. The van der Waals surface area contributed by atoms with Gasteiger partial charge in [-0.1, -0.05) is 17.7 Å². The lowest BCUT2D eigenvalue weighted by atomic mass is 10.3. The van der Waals surface area contributed by atoms with Gasteiger partial charge in [0.05, 0.1) is 23.3 Å². The Labute approximate surface area is 111 Å². The summed E-state index contributed by atoms with van der Waals surface area (Å²) in [5, 5.41) is 9.28. The van der Waals surface area contributed by atoms with E-state index in [1.807, 2.05) is 6.07 Å². The molecule has 0 saturated carbocycles. The maximum absolute atomic E-state index is 8.77. The van der Waals surface area contributed by atoms with E-state index in [4.69, 9.17) is 21.6 Å². The molecule has 1 aliphatic rings. The molecule has 0 amide bonds. The molecule has 2 rings (SSSR count). The quantitative estimate of drug-likeness (QED) is 0.783. The number of rotatable bonds is 4. The molecular weight excluding hydrogens is 250 g/mol. The molecule has 5 heteroatoms. The molecule has 1 atom stereocenters. The Hall–Kier alpha value is -1.57. The summed E-state index contributed by atoms with van der Waals surface area (Å²) in [4.78, 5) is 6.32. The second-order valence-electron chi connectivity index (χ2n) is 4.12. The maximum Gasteiger partial charge on any atom is 0.147 e. The van der Waals surface area contributed by atoms with Crippen molar-refractivity contribution < 1.29 is 4.74 Å². The zero-order valence-corrected chi connectivity index (χ0v) is 10.7. The Morgan fingerprint density at radius 1 is 1.72 bits per heavy atom. The first kappa shape index (κ1) is 12.9. The van der Waals surface area contributed by atoms with Crippen molar-refractivity contribution in [2.24, 2.45) is 0 Å². The highest BCUT2D eigenvalue weighted by Crippen LogP contribution is 2.27. The average Bonchev–Trinajstić information content (AvgIpc) is 2.84. The van der Waals surface area contributed by atoms with Gasteiger partial charge in [0.25, 0.3) is 0 Å². The molecule has 1 aromatic heterocycles. The molecule has 0 bridgehead atoms. The summed E-state index contributed by atoms with van der Waals surface area (Å²) in [7, 11) is 0. The lowest BCUT2D eigenvalue weighted by Gasteiger charge is -2.18. The van der Waals surface area contributed by atoms with E-state index in [1.165, 1.54) is 0 Å². The fourth-order valence-electron chi connectivity index (χ4n) is 1.99. The van der Waals surface area contributed by atoms with Gasteiger partial charge >= 0.3 is 0 Å². The summed E-state index contributed by atoms with van der Waals surface area (Å²) < 4.78 is 5.61. The fraction of sp³-hybridized carbons (Fsp3) is 0.385. The molecule has 0 spiro atoms. The summed E-state index contributed by atoms with van der Waals surface area (Å²) in [6.45, 7) is 5.82. The third-order valence-corrected chi connectivity index (χ3v) is 3.12. The number of hydrogen-bond acceptors (Lipinski definition) is 4. The van der Waals surface area contributed by atoms with Crippen molar-refractivity contribution in [1.29, 1.82) is 5.26 Å². The molecule has 1 saturated heterocycles. The van der Waals surface area contributed by atoms with Crippen LogP contribution in [0.15, 0.2) is 24.9 Å². The number of nitrogens with zero attached hydrogens (tertiary/aromatic N) is 3. The molecule has 0 aliphatic carbocycles. The fourth-order valence-corrected chi connectivity index (χ4v) is 2.27. The zero-order chi connectivity index (χ0) is 13.0. The van der Waals surface area contributed by atoms with Crippen molar-refractivity contribution in [2.45, 2.75) is 12.5 Å². The minimum absolute atomic E-state index is 0.191. The van der Waals surface area contributed by atoms with E-state index in [0.717, 1.165) is 25.3 Å². The number of halogens is 1. The van der Waals surface area contributed by atoms with Crippen LogP contribution in [0.25, 0.3) is 0 Å². The molecule has 0 aromatic carbocycles. The smallest absolute Gasteiger partial charge is 0.147 e. The van der Waals surface area contributed by atoms with Crippen LogP contribution in [-0.2, 0) is 4.74 Å². The predicted octanol–water partition coefficient (Wildman–Crippen LogP) is 2.39. The molecule has 94 valence electrons. The second-order valence-corrected chi connectivity index (χ2v) is 4.53. The van der Waals surface area contributed by atoms with Crippen molar-refractivity contribution in [3.8, 4) is 6.07 Å². The van der Waals surface area contributed by atoms with Crippen LogP contribution in [0.5, 0.6) is 0 Å². The predicted molar refractivity (Wildman–Crippen MR) is 70.7 cm³/mol. The van der Waals surface area contributed by atoms with Gasteiger partial charge in [-0.3, -0.25) is 0 Å². The standard InChI is InChI=1S/C13H14ClN3O/c1-2-5-18-11-3-4-17(9-11)13-12(14)6-10(7-15)8-16-13/h2,6,8,11H,1,3-5,9H2. The number of hydrogen-bond donors (Lipinski definition) is 0. The van der Waals surface area contributed by atoms with Gasteiger partial charge in [0, 0.05) is 19.3 Å². The van der Waals surface area contributed by atoms with Gasteiger partial charge in [-0.05, 0) is 12.5 Å². The van der Waals surface area contributed by atoms with Gasteiger partial charge in [0.15, 0.2) is 0 Å². The van der Waals surface area contributed by atoms with Gasteiger partial charge < -0.3 is 9.64 Å². The third-order valence-electron chi connectivity index (χ3n) is 2.85. The molecule has 4 nitrogen and oxygen atoms in total. The van der Waals surface area contributed by atoms with Gasteiger partial charge in [-0.2, -0.15) is 5.26 Å². The van der Waals surface area contributed by atoms with Crippen molar-refractivity contribution in [3.63, 3.8) is 0 Å². The second kappa shape index (κ2) is 5.85. The first-order chi connectivity index (χ1) is 8.74. The van der Waals surface area contributed by atoms with Crippen LogP contribution in [0.1, 0.15) is 12.0 Å². The summed E-state index contributed by atoms with van der Waals surface area (Å²) in [5.41, 5.74) is 0.474. The molecule has 2 heterocycles. The minimum Gasteiger partial charge on any atom is -0.372 e. The van der Waals surface area contributed by atoms with E-state index in [9.17, 15) is 0 Å². The number of aromatic nitrogens is 1. The van der Waals surface area contributed by atoms with Crippen molar-refractivity contribution in [2.75, 3.05) is 24.6 Å². The lowest BCUT2D eigenvalue weighted by Crippen LogP contribution is -2.24. The first-order valence-electron chi connectivity index (χ1n) is 5.77. The number of nitriles is 1. The van der Waals surface area contributed by atoms with E-state index >= 15 is 0 Å². The molecule has 1 aliphatic heterocycles. The van der Waals surface area contributed by atoms with E-state index in [0.29, 0.717) is 17.2 Å². The van der Waals surface area contributed by atoms with Crippen molar-refractivity contribution >= 4 is 17.4 Å². The van der Waals surface area contributed by atoms with Crippen LogP contribution in [0, 0.1) is 11.3 Å². The lowest BCUT2D eigenvalue weighted by molar-refractivity contribution is 0.0909. The maximum atomic E-state index is 8.77. The first-order valence-corrected chi connectivity index (χ1v) is 6.15. The zero-order valence-electron chi connectivity index (χ0n) is 9.97.